The van der Waals surface area contributed by atoms with Crippen LogP contribution in [0.4, 0.5) is 0 Å². The largest absolute Gasteiger partial charge is 0.405 e. The average Bonchev–Trinajstić information content (AvgIpc) is 2.72. The van der Waals surface area contributed by atoms with Crippen LogP contribution in [-0.2, 0) is 14.0 Å². The van der Waals surface area contributed by atoms with Gasteiger partial charge in [0.15, 0.2) is 0 Å². The number of carbonyl (C=O) groups is 2. The highest BCUT2D eigenvalue weighted by molar-refractivity contribution is 6.99. The Labute approximate surface area is 178 Å². The predicted molar refractivity (Wildman–Crippen MR) is 120 cm³/mol. The van der Waals surface area contributed by atoms with E-state index < -0.39 is 38.8 Å². The molecule has 2 amide bonds. The van der Waals surface area contributed by atoms with E-state index in [0.717, 1.165) is 10.4 Å². The van der Waals surface area contributed by atoms with Crippen molar-refractivity contribution >= 4 is 30.5 Å². The van der Waals surface area contributed by atoms with Crippen LogP contribution >= 0.6 is 0 Å². The monoisotopic (exact) mass is 429 g/mol. The fourth-order valence-corrected chi connectivity index (χ4v) is 8.12. The second-order valence-electron chi connectivity index (χ2n) is 8.23. The molecule has 0 aromatic heterocycles. The summed E-state index contributed by atoms with van der Waals surface area (Å²) >= 11 is 0. The molecule has 2 aromatic carbocycles. The number of nitrogens with two attached hydrogens (primary N) is 2. The fourth-order valence-electron chi connectivity index (χ4n) is 3.54. The second-order valence-corrected chi connectivity index (χ2v) is 12.5. The molecule has 0 bridgehead atoms. The van der Waals surface area contributed by atoms with Gasteiger partial charge in [-0.1, -0.05) is 81.4 Å². The lowest BCUT2D eigenvalue weighted by Gasteiger charge is -2.43. The molecule has 0 radical (unpaired) electrons. The highest BCUT2D eigenvalue weighted by atomic mass is 28.4. The van der Waals surface area contributed by atoms with Gasteiger partial charge in [-0.05, 0) is 15.4 Å². The molecular weight excluding hydrogens is 398 g/mol. The van der Waals surface area contributed by atoms with E-state index >= 15 is 0 Å². The van der Waals surface area contributed by atoms with E-state index in [2.05, 4.69) is 26.1 Å². The Morgan fingerprint density at radius 3 is 1.87 bits per heavy atom. The van der Waals surface area contributed by atoms with Crippen molar-refractivity contribution in [3.63, 3.8) is 0 Å². The van der Waals surface area contributed by atoms with Crippen LogP contribution in [0.1, 0.15) is 20.8 Å². The van der Waals surface area contributed by atoms with Gasteiger partial charge in [0.25, 0.3) is 8.32 Å². The third-order valence-corrected chi connectivity index (χ3v) is 10.1. The van der Waals surface area contributed by atoms with Gasteiger partial charge in [-0.2, -0.15) is 0 Å². The number of aliphatic hydroxyl groups is 1. The molecule has 0 saturated carbocycles. The van der Waals surface area contributed by atoms with Crippen LogP contribution in [0.3, 0.4) is 0 Å². The van der Waals surface area contributed by atoms with E-state index in [4.69, 9.17) is 15.9 Å². The van der Waals surface area contributed by atoms with Crippen LogP contribution in [0, 0.1) is 0 Å². The Kier molecular flexibility index (Phi) is 7.91. The summed E-state index contributed by atoms with van der Waals surface area (Å²) in [5.41, 5.74) is 11.2. The van der Waals surface area contributed by atoms with Crippen molar-refractivity contribution in [1.82, 2.24) is 5.32 Å². The molecule has 0 spiro atoms. The standard InChI is InChI=1S/C22H31N3O4Si/c1-22(2,3)30(16-10-6-4-7-11-16,17-12-8-5-9-13-17)29-15-18(23)21(28)25-19(14-26)20(24)27/h4-13,18-19,26H,14-15,23H2,1-3H3,(H2,24,27)(H,25,28)/t18-,19-/m0/s1. The summed E-state index contributed by atoms with van der Waals surface area (Å²) < 4.78 is 6.60. The molecule has 6 N–H and O–H groups in total. The van der Waals surface area contributed by atoms with Crippen molar-refractivity contribution in [3.8, 4) is 0 Å². The topological polar surface area (TPSA) is 128 Å². The number of carbonyl (C=O) groups excluding carboxylic acids is 2. The molecule has 0 saturated heterocycles. The highest BCUT2D eigenvalue weighted by Crippen LogP contribution is 2.36. The Hall–Kier alpha value is -2.52. The Balaban J connectivity index is 2.37. The molecule has 2 rings (SSSR count). The van der Waals surface area contributed by atoms with Crippen molar-refractivity contribution in [1.29, 1.82) is 0 Å². The summed E-state index contributed by atoms with van der Waals surface area (Å²) in [4.78, 5) is 23.7. The van der Waals surface area contributed by atoms with Crippen LogP contribution in [0.25, 0.3) is 0 Å². The molecule has 162 valence electrons. The van der Waals surface area contributed by atoms with Crippen LogP contribution in [0.15, 0.2) is 60.7 Å². The number of benzene rings is 2. The van der Waals surface area contributed by atoms with Crippen molar-refractivity contribution in [3.05, 3.63) is 60.7 Å². The molecular formula is C22H31N3O4Si. The SMILES string of the molecule is CC(C)(C)[Si](OC[C@H](N)C(=O)N[C@@H](CO)C(N)=O)(c1ccccc1)c1ccccc1. The smallest absolute Gasteiger partial charge is 0.261 e. The Morgan fingerprint density at radius 1 is 1.03 bits per heavy atom. The van der Waals surface area contributed by atoms with Gasteiger partial charge in [0.1, 0.15) is 12.1 Å². The molecule has 0 aliphatic heterocycles. The quantitative estimate of drug-likeness (QED) is 0.412. The van der Waals surface area contributed by atoms with Gasteiger partial charge in [0.2, 0.25) is 11.8 Å². The maximum absolute atomic E-state index is 12.4. The van der Waals surface area contributed by atoms with Gasteiger partial charge in [-0.15, -0.1) is 0 Å². The Morgan fingerprint density at radius 2 is 1.50 bits per heavy atom. The molecule has 8 heteroatoms. The third-order valence-electron chi connectivity index (χ3n) is 5.08. The lowest BCUT2D eigenvalue weighted by molar-refractivity contribution is -0.129. The number of aliphatic hydroxyl groups excluding tert-OH is 1. The summed E-state index contributed by atoms with van der Waals surface area (Å²) in [5, 5.41) is 13.5. The van der Waals surface area contributed by atoms with Crippen LogP contribution in [0.2, 0.25) is 5.04 Å². The molecule has 2 aromatic rings. The zero-order chi connectivity index (χ0) is 22.4. The first-order chi connectivity index (χ1) is 14.1. The minimum absolute atomic E-state index is 0.0456. The maximum atomic E-state index is 12.4. The van der Waals surface area contributed by atoms with Crippen LogP contribution < -0.4 is 27.2 Å². The third kappa shape index (κ3) is 5.14. The number of hydrogen-bond acceptors (Lipinski definition) is 5. The van der Waals surface area contributed by atoms with E-state index in [1.54, 1.807) is 0 Å². The van der Waals surface area contributed by atoms with E-state index in [9.17, 15) is 14.7 Å². The van der Waals surface area contributed by atoms with Gasteiger partial charge in [-0.25, -0.2) is 0 Å². The highest BCUT2D eigenvalue weighted by Gasteiger charge is 2.50. The molecule has 0 aliphatic rings. The molecule has 2 atom stereocenters. The molecule has 0 aliphatic carbocycles. The van der Waals surface area contributed by atoms with Gasteiger partial charge in [0, 0.05) is 0 Å². The first-order valence-corrected chi connectivity index (χ1v) is 11.8. The zero-order valence-corrected chi connectivity index (χ0v) is 18.7. The van der Waals surface area contributed by atoms with Crippen molar-refractivity contribution in [2.24, 2.45) is 11.5 Å². The van der Waals surface area contributed by atoms with E-state index in [-0.39, 0.29) is 11.6 Å². The predicted octanol–water partition coefficient (Wildman–Crippen LogP) is -0.147. The lowest BCUT2D eigenvalue weighted by atomic mass is 10.2. The summed E-state index contributed by atoms with van der Waals surface area (Å²) in [6.07, 6.45) is 0. The maximum Gasteiger partial charge on any atom is 0.261 e. The summed E-state index contributed by atoms with van der Waals surface area (Å²) in [5.74, 6) is -1.43. The lowest BCUT2D eigenvalue weighted by Crippen LogP contribution is -2.67. The minimum atomic E-state index is -2.83. The van der Waals surface area contributed by atoms with Crippen LogP contribution in [-0.4, -0.2) is 50.5 Å². The summed E-state index contributed by atoms with van der Waals surface area (Å²) in [7, 11) is -2.83. The molecule has 7 nitrogen and oxygen atoms in total. The van der Waals surface area contributed by atoms with Gasteiger partial charge in [-0.3, -0.25) is 9.59 Å². The van der Waals surface area contributed by atoms with E-state index in [1.807, 2.05) is 60.7 Å². The van der Waals surface area contributed by atoms with Crippen molar-refractivity contribution in [2.45, 2.75) is 37.9 Å². The molecule has 0 heterocycles. The molecule has 0 unspecified atom stereocenters. The second kappa shape index (κ2) is 9.99. The Bertz CT molecular complexity index is 801. The number of nitrogens with one attached hydrogen (secondary N) is 1. The number of amides is 2. The fraction of sp³-hybridized carbons (Fsp3) is 0.364. The van der Waals surface area contributed by atoms with E-state index in [1.165, 1.54) is 0 Å². The minimum Gasteiger partial charge on any atom is -0.405 e. The number of rotatable bonds is 9. The normalized spacial score (nSPS) is 14.0. The zero-order valence-electron chi connectivity index (χ0n) is 17.7. The van der Waals surface area contributed by atoms with Gasteiger partial charge < -0.3 is 26.3 Å². The van der Waals surface area contributed by atoms with Crippen molar-refractivity contribution in [2.75, 3.05) is 13.2 Å². The van der Waals surface area contributed by atoms with Gasteiger partial charge in [0.05, 0.1) is 13.2 Å². The van der Waals surface area contributed by atoms with Crippen molar-refractivity contribution < 1.29 is 19.1 Å². The summed E-state index contributed by atoms with van der Waals surface area (Å²) in [6, 6.07) is 17.8. The number of hydrogen-bond donors (Lipinski definition) is 4. The first kappa shape index (κ1) is 23.8. The summed E-state index contributed by atoms with van der Waals surface area (Å²) in [6.45, 7) is 5.73. The van der Waals surface area contributed by atoms with Crippen LogP contribution in [0.5, 0.6) is 0 Å². The first-order valence-electron chi connectivity index (χ1n) is 9.84. The van der Waals surface area contributed by atoms with Gasteiger partial charge >= 0.3 is 0 Å². The van der Waals surface area contributed by atoms with E-state index in [0.29, 0.717) is 0 Å². The molecule has 30 heavy (non-hydrogen) atoms. The number of primary amides is 1. The molecule has 0 fully saturated rings. The average molecular weight is 430 g/mol.